The molecule has 1 aliphatic rings. The van der Waals surface area contributed by atoms with Crippen LogP contribution in [0.5, 0.6) is 0 Å². The Morgan fingerprint density at radius 3 is 1.85 bits per heavy atom. The van der Waals surface area contributed by atoms with Gasteiger partial charge in [0.15, 0.2) is 0 Å². The van der Waals surface area contributed by atoms with Crippen LogP contribution in [0, 0.1) is 5.41 Å². The lowest BCUT2D eigenvalue weighted by atomic mass is 9.72. The Morgan fingerprint density at radius 2 is 1.46 bits per heavy atom. The highest BCUT2D eigenvalue weighted by atomic mass is 15.2. The van der Waals surface area contributed by atoms with Gasteiger partial charge in [0.05, 0.1) is 0 Å². The summed E-state index contributed by atoms with van der Waals surface area (Å²) in [4.78, 5) is 2.62. The molecule has 1 heterocycles. The summed E-state index contributed by atoms with van der Waals surface area (Å²) in [5.74, 6) is 0. The van der Waals surface area contributed by atoms with Crippen molar-refractivity contribution in [1.82, 2.24) is 4.90 Å². The molecule has 1 heteroatoms. The van der Waals surface area contributed by atoms with Crippen LogP contribution < -0.4 is 0 Å². The third-order valence-corrected chi connectivity index (χ3v) is 3.22. The van der Waals surface area contributed by atoms with Gasteiger partial charge in [-0.3, -0.25) is 0 Å². The zero-order chi connectivity index (χ0) is 9.73. The first-order valence-electron chi connectivity index (χ1n) is 5.98. The molecule has 0 aromatic heterocycles. The summed E-state index contributed by atoms with van der Waals surface area (Å²) in [7, 11) is 0. The smallest absolute Gasteiger partial charge is 0.00505 e. The first-order valence-corrected chi connectivity index (χ1v) is 5.98. The molecule has 0 saturated carbocycles. The molecule has 1 saturated heterocycles. The fraction of sp³-hybridized carbons (Fsp3) is 1.00. The Kier molecular flexibility index (Phi) is 4.24. The summed E-state index contributed by atoms with van der Waals surface area (Å²) in [5, 5.41) is 0. The molecule has 0 aromatic carbocycles. The summed E-state index contributed by atoms with van der Waals surface area (Å²) < 4.78 is 0. The summed E-state index contributed by atoms with van der Waals surface area (Å²) in [6, 6.07) is 0. The fourth-order valence-electron chi connectivity index (χ4n) is 2.88. The van der Waals surface area contributed by atoms with Crippen molar-refractivity contribution in [2.45, 2.75) is 52.9 Å². The van der Waals surface area contributed by atoms with Crippen LogP contribution in [0.1, 0.15) is 52.9 Å². The van der Waals surface area contributed by atoms with Gasteiger partial charge in [-0.1, -0.05) is 33.6 Å². The summed E-state index contributed by atoms with van der Waals surface area (Å²) in [6.07, 6.45) is 6.93. The van der Waals surface area contributed by atoms with Crippen molar-refractivity contribution in [1.29, 1.82) is 0 Å². The molecule has 0 bridgehead atoms. The Balaban J connectivity index is 2.29. The van der Waals surface area contributed by atoms with E-state index < -0.39 is 0 Å². The number of hydrogen-bond donors (Lipinski definition) is 0. The maximum atomic E-state index is 2.62. The maximum Gasteiger partial charge on any atom is 0.00505 e. The van der Waals surface area contributed by atoms with Crippen molar-refractivity contribution in [3.05, 3.63) is 0 Å². The van der Waals surface area contributed by atoms with Gasteiger partial charge in [-0.2, -0.15) is 0 Å². The van der Waals surface area contributed by atoms with Crippen molar-refractivity contribution in [2.75, 3.05) is 19.6 Å². The largest absolute Gasteiger partial charge is 0.302 e. The number of likely N-dealkylation sites (tertiary alicyclic amines) is 1. The van der Waals surface area contributed by atoms with E-state index in [2.05, 4.69) is 25.7 Å². The van der Waals surface area contributed by atoms with E-state index in [4.69, 9.17) is 0 Å². The molecular weight excluding hydrogens is 158 g/mol. The van der Waals surface area contributed by atoms with E-state index >= 15 is 0 Å². The second-order valence-corrected chi connectivity index (χ2v) is 4.71. The number of nitrogens with zero attached hydrogens (tertiary/aromatic N) is 1. The number of rotatable bonds is 6. The van der Waals surface area contributed by atoms with Crippen molar-refractivity contribution in [2.24, 2.45) is 5.41 Å². The highest BCUT2D eigenvalue weighted by Gasteiger charge is 2.40. The molecule has 13 heavy (non-hydrogen) atoms. The van der Waals surface area contributed by atoms with E-state index in [9.17, 15) is 0 Å². The predicted octanol–water partition coefficient (Wildman–Crippen LogP) is 3.30. The zero-order valence-electron chi connectivity index (χ0n) is 9.60. The second kappa shape index (κ2) is 4.99. The van der Waals surface area contributed by atoms with Gasteiger partial charge >= 0.3 is 0 Å². The van der Waals surface area contributed by atoms with Crippen LogP contribution in [0.25, 0.3) is 0 Å². The molecule has 0 radical (unpaired) electrons. The monoisotopic (exact) mass is 183 g/mol. The molecule has 1 aliphatic heterocycles. The first-order chi connectivity index (χ1) is 6.26. The van der Waals surface area contributed by atoms with Gasteiger partial charge in [0.2, 0.25) is 0 Å². The molecule has 78 valence electrons. The van der Waals surface area contributed by atoms with E-state index in [1.165, 1.54) is 51.7 Å². The molecule has 0 amide bonds. The number of hydrogen-bond acceptors (Lipinski definition) is 1. The lowest BCUT2D eigenvalue weighted by Gasteiger charge is -2.51. The van der Waals surface area contributed by atoms with Crippen LogP contribution in [-0.2, 0) is 0 Å². The van der Waals surface area contributed by atoms with Gasteiger partial charge in [-0.25, -0.2) is 0 Å². The van der Waals surface area contributed by atoms with Gasteiger partial charge in [0.1, 0.15) is 0 Å². The average molecular weight is 183 g/mol. The van der Waals surface area contributed by atoms with Crippen molar-refractivity contribution in [3.63, 3.8) is 0 Å². The second-order valence-electron chi connectivity index (χ2n) is 4.71. The van der Waals surface area contributed by atoms with E-state index in [1.807, 2.05) is 0 Å². The van der Waals surface area contributed by atoms with E-state index in [0.717, 1.165) is 5.41 Å². The third kappa shape index (κ3) is 2.70. The third-order valence-electron chi connectivity index (χ3n) is 3.22. The van der Waals surface area contributed by atoms with Crippen LogP contribution in [0.4, 0.5) is 0 Å². The fourth-order valence-corrected chi connectivity index (χ4v) is 2.88. The predicted molar refractivity (Wildman–Crippen MR) is 59.0 cm³/mol. The molecule has 1 fully saturated rings. The van der Waals surface area contributed by atoms with Crippen molar-refractivity contribution in [3.8, 4) is 0 Å². The minimum absolute atomic E-state index is 0.721. The van der Waals surface area contributed by atoms with Crippen LogP contribution in [-0.4, -0.2) is 24.5 Å². The van der Waals surface area contributed by atoms with E-state index in [1.54, 1.807) is 0 Å². The summed E-state index contributed by atoms with van der Waals surface area (Å²) in [5.41, 5.74) is 0.721. The minimum Gasteiger partial charge on any atom is -0.302 e. The molecule has 1 rings (SSSR count). The van der Waals surface area contributed by atoms with E-state index in [0.29, 0.717) is 0 Å². The van der Waals surface area contributed by atoms with Crippen molar-refractivity contribution >= 4 is 0 Å². The zero-order valence-corrected chi connectivity index (χ0v) is 9.60. The van der Waals surface area contributed by atoms with Crippen LogP contribution >= 0.6 is 0 Å². The lowest BCUT2D eigenvalue weighted by Crippen LogP contribution is -2.56. The Bertz CT molecular complexity index is 128. The Hall–Kier alpha value is -0.0400. The topological polar surface area (TPSA) is 3.24 Å². The quantitative estimate of drug-likeness (QED) is 0.610. The van der Waals surface area contributed by atoms with Crippen LogP contribution in [0.15, 0.2) is 0 Å². The normalized spacial score (nSPS) is 21.5. The Morgan fingerprint density at radius 1 is 0.923 bits per heavy atom. The summed E-state index contributed by atoms with van der Waals surface area (Å²) >= 11 is 0. The van der Waals surface area contributed by atoms with Gasteiger partial charge in [-0.05, 0) is 31.2 Å². The van der Waals surface area contributed by atoms with Crippen LogP contribution in [0.2, 0.25) is 0 Å². The highest BCUT2D eigenvalue weighted by molar-refractivity contribution is 4.93. The van der Waals surface area contributed by atoms with Crippen molar-refractivity contribution < 1.29 is 0 Å². The molecule has 0 aliphatic carbocycles. The first kappa shape index (κ1) is 11.0. The van der Waals surface area contributed by atoms with Gasteiger partial charge in [0, 0.05) is 13.1 Å². The lowest BCUT2D eigenvalue weighted by molar-refractivity contribution is -0.0140. The van der Waals surface area contributed by atoms with Gasteiger partial charge in [-0.15, -0.1) is 0 Å². The molecular formula is C12H25N. The Labute approximate surface area is 83.5 Å². The minimum atomic E-state index is 0.721. The molecule has 0 spiro atoms. The van der Waals surface area contributed by atoms with Gasteiger partial charge < -0.3 is 4.90 Å². The maximum absolute atomic E-state index is 2.62. The highest BCUT2D eigenvalue weighted by Crippen LogP contribution is 2.39. The summed E-state index contributed by atoms with van der Waals surface area (Å²) in [6.45, 7) is 11.0. The molecule has 0 aromatic rings. The van der Waals surface area contributed by atoms with E-state index in [-0.39, 0.29) is 0 Å². The average Bonchev–Trinajstić information content (AvgIpc) is 2.03. The van der Waals surface area contributed by atoms with Crippen LogP contribution in [0.3, 0.4) is 0 Å². The standard InChI is InChI=1S/C12H25N/c1-4-7-12(8-5-2)10-13(11-12)9-6-3/h4-11H2,1-3H3. The van der Waals surface area contributed by atoms with Gasteiger partial charge in [0.25, 0.3) is 0 Å². The molecule has 0 unspecified atom stereocenters. The molecule has 0 atom stereocenters. The SMILES string of the molecule is CCCN1CC(CCC)(CCC)C1. The molecule has 0 N–H and O–H groups in total. The molecule has 1 nitrogen and oxygen atoms in total.